The average Bonchev–Trinajstić information content (AvgIpc) is 2.14. The quantitative estimate of drug-likeness (QED) is 0.429. The van der Waals surface area contributed by atoms with E-state index >= 15 is 0 Å². The zero-order chi connectivity index (χ0) is 5.11. The number of aldehydes is 1. The van der Waals surface area contributed by atoms with E-state index in [0.29, 0.717) is 6.29 Å². The number of carbonyl (C=O) groups is 1. The first-order valence-electron chi connectivity index (χ1n) is 1.80. The molecule has 1 aliphatic heterocycles. The predicted octanol–water partition coefficient (Wildman–Crippen LogP) is 0.118. The van der Waals surface area contributed by atoms with Gasteiger partial charge in [0.25, 0.3) is 0 Å². The molecule has 0 fully saturated rings. The number of aliphatic imine (C=N–C) groups is 1. The van der Waals surface area contributed by atoms with Crippen LogP contribution in [-0.2, 0) is 4.79 Å². The van der Waals surface area contributed by atoms with Crippen LogP contribution >= 0.6 is 0 Å². The van der Waals surface area contributed by atoms with E-state index in [-0.39, 0.29) is 1.43 Å². The minimum Gasteiger partial charge on any atom is -0.299 e. The molecule has 1 unspecified atom stereocenters. The van der Waals surface area contributed by atoms with Crippen molar-refractivity contribution in [2.75, 3.05) is 0 Å². The van der Waals surface area contributed by atoms with E-state index in [1.165, 1.54) is 6.34 Å². The number of hydrogen-bond donors (Lipinski definition) is 0. The Balaban J connectivity index is 0.000000490. The van der Waals surface area contributed by atoms with Gasteiger partial charge in [-0.15, -0.1) is 5.11 Å². The standard InChI is InChI=1S/C3H3N3O/c7-1-3-4-2-5-6-3/h1-3H/p+1. The topological polar surface area (TPSA) is 54.1 Å². The summed E-state index contributed by atoms with van der Waals surface area (Å²) in [5.41, 5.74) is 0. The van der Waals surface area contributed by atoms with Gasteiger partial charge in [0, 0.05) is 0 Å². The molecule has 0 saturated heterocycles. The number of rotatable bonds is 1. The second kappa shape index (κ2) is 1.59. The fourth-order valence-corrected chi connectivity index (χ4v) is 0.288. The van der Waals surface area contributed by atoms with Crippen LogP contribution in [0.5, 0.6) is 0 Å². The summed E-state index contributed by atoms with van der Waals surface area (Å²) >= 11 is 0. The fourth-order valence-electron chi connectivity index (χ4n) is 0.288. The largest absolute Gasteiger partial charge is 1.00 e. The van der Waals surface area contributed by atoms with Gasteiger partial charge in [-0.3, -0.25) is 4.79 Å². The van der Waals surface area contributed by atoms with Gasteiger partial charge in [-0.25, -0.2) is 4.99 Å². The zero-order valence-electron chi connectivity index (χ0n) is 4.48. The minimum absolute atomic E-state index is 0. The van der Waals surface area contributed by atoms with E-state index < -0.39 is 6.17 Å². The summed E-state index contributed by atoms with van der Waals surface area (Å²) in [6.45, 7) is 0. The Morgan fingerprint density at radius 3 is 3.00 bits per heavy atom. The van der Waals surface area contributed by atoms with Crippen molar-refractivity contribution in [1.29, 1.82) is 0 Å². The molecule has 1 heterocycles. The molecular weight excluding hydrogens is 94.1 g/mol. The molecule has 36 valence electrons. The van der Waals surface area contributed by atoms with Gasteiger partial charge in [-0.2, -0.15) is 5.11 Å². The third-order valence-corrected chi connectivity index (χ3v) is 0.578. The molecule has 0 aliphatic carbocycles. The Kier molecular flexibility index (Phi) is 0.934. The van der Waals surface area contributed by atoms with Crippen LogP contribution in [0, 0.1) is 0 Å². The highest BCUT2D eigenvalue weighted by atomic mass is 16.1. The van der Waals surface area contributed by atoms with Gasteiger partial charge < -0.3 is 0 Å². The molecule has 0 radical (unpaired) electrons. The molecule has 0 bridgehead atoms. The first-order chi connectivity index (χ1) is 3.43. The second-order valence-corrected chi connectivity index (χ2v) is 1.05. The lowest BCUT2D eigenvalue weighted by molar-refractivity contribution is -0.108. The van der Waals surface area contributed by atoms with Gasteiger partial charge in [-0.1, -0.05) is 0 Å². The van der Waals surface area contributed by atoms with E-state index in [2.05, 4.69) is 15.2 Å². The van der Waals surface area contributed by atoms with Crippen LogP contribution in [-0.4, -0.2) is 18.8 Å². The summed E-state index contributed by atoms with van der Waals surface area (Å²) in [7, 11) is 0. The van der Waals surface area contributed by atoms with Crippen molar-refractivity contribution in [2.45, 2.75) is 6.17 Å². The number of hydrogen-bond acceptors (Lipinski definition) is 4. The molecule has 0 amide bonds. The van der Waals surface area contributed by atoms with E-state index in [4.69, 9.17) is 0 Å². The molecule has 0 spiro atoms. The lowest BCUT2D eigenvalue weighted by Gasteiger charge is -1.80. The second-order valence-electron chi connectivity index (χ2n) is 1.05. The normalized spacial score (nSPS) is 26.0. The maximum Gasteiger partial charge on any atom is 1.00 e. The lowest BCUT2D eigenvalue weighted by atomic mass is 10.6. The van der Waals surface area contributed by atoms with Crippen molar-refractivity contribution in [3.8, 4) is 0 Å². The summed E-state index contributed by atoms with van der Waals surface area (Å²) in [6, 6.07) is 0. The van der Waals surface area contributed by atoms with E-state index in [9.17, 15) is 4.79 Å². The van der Waals surface area contributed by atoms with Gasteiger partial charge >= 0.3 is 1.43 Å². The molecule has 4 nitrogen and oxygen atoms in total. The third kappa shape index (κ3) is 0.677. The molecule has 7 heavy (non-hydrogen) atoms. The van der Waals surface area contributed by atoms with Crippen molar-refractivity contribution >= 4 is 12.6 Å². The van der Waals surface area contributed by atoms with Crippen LogP contribution in [0.2, 0.25) is 0 Å². The number of carbonyl (C=O) groups excluding carboxylic acids is 1. The molecule has 0 saturated carbocycles. The Labute approximate surface area is 41.5 Å². The molecule has 0 N–H and O–H groups in total. The van der Waals surface area contributed by atoms with Crippen molar-refractivity contribution in [2.24, 2.45) is 15.2 Å². The summed E-state index contributed by atoms with van der Waals surface area (Å²) in [4.78, 5) is 13.3. The maximum atomic E-state index is 9.74. The number of nitrogens with zero attached hydrogens (tertiary/aromatic N) is 3. The maximum absolute atomic E-state index is 9.74. The molecule has 4 heteroatoms. The fraction of sp³-hybridized carbons (Fsp3) is 0.333. The molecule has 0 aromatic heterocycles. The van der Waals surface area contributed by atoms with E-state index in [1.54, 1.807) is 0 Å². The van der Waals surface area contributed by atoms with E-state index in [0.717, 1.165) is 0 Å². The molecule has 1 rings (SSSR count). The Bertz CT molecular complexity index is 120. The van der Waals surface area contributed by atoms with Gasteiger partial charge in [0.2, 0.25) is 6.17 Å². The van der Waals surface area contributed by atoms with Gasteiger partial charge in [0.15, 0.2) is 6.29 Å². The Hall–Kier alpha value is -1.06. The highest BCUT2D eigenvalue weighted by molar-refractivity contribution is 5.66. The SMILES string of the molecule is O=CC1N=CN=N1.[H+]. The zero-order valence-corrected chi connectivity index (χ0v) is 3.48. The van der Waals surface area contributed by atoms with Crippen molar-refractivity contribution < 1.29 is 6.22 Å². The van der Waals surface area contributed by atoms with Crippen molar-refractivity contribution in [1.82, 2.24) is 0 Å². The monoisotopic (exact) mass is 98.0 g/mol. The molecule has 0 aromatic carbocycles. The number of azo groups is 1. The predicted molar refractivity (Wildman–Crippen MR) is 24.3 cm³/mol. The molecular formula is C3H4N3O+. The summed E-state index contributed by atoms with van der Waals surface area (Å²) in [6.07, 6.45) is 1.34. The first kappa shape index (κ1) is 4.11. The van der Waals surface area contributed by atoms with Crippen LogP contribution in [0.4, 0.5) is 0 Å². The minimum atomic E-state index is -0.556. The van der Waals surface area contributed by atoms with Crippen molar-refractivity contribution in [3.05, 3.63) is 0 Å². The van der Waals surface area contributed by atoms with Gasteiger partial charge in [0.05, 0.1) is 0 Å². The van der Waals surface area contributed by atoms with E-state index in [1.807, 2.05) is 0 Å². The highest BCUT2D eigenvalue weighted by Gasteiger charge is 2.01. The van der Waals surface area contributed by atoms with Gasteiger partial charge in [-0.05, 0) is 0 Å². The smallest absolute Gasteiger partial charge is 0.299 e. The van der Waals surface area contributed by atoms with Crippen LogP contribution in [0.1, 0.15) is 1.43 Å². The summed E-state index contributed by atoms with van der Waals surface area (Å²) in [5.74, 6) is 0. The first-order valence-corrected chi connectivity index (χ1v) is 1.80. The molecule has 1 atom stereocenters. The highest BCUT2D eigenvalue weighted by Crippen LogP contribution is 1.93. The Morgan fingerprint density at radius 1 is 1.86 bits per heavy atom. The lowest BCUT2D eigenvalue weighted by Crippen LogP contribution is -1.95. The van der Waals surface area contributed by atoms with Gasteiger partial charge in [0.1, 0.15) is 6.34 Å². The average molecular weight is 98.1 g/mol. The molecule has 0 aromatic rings. The summed E-state index contributed by atoms with van der Waals surface area (Å²) < 4.78 is 0. The van der Waals surface area contributed by atoms with Crippen LogP contribution < -0.4 is 0 Å². The third-order valence-electron chi connectivity index (χ3n) is 0.578. The Morgan fingerprint density at radius 2 is 2.71 bits per heavy atom. The van der Waals surface area contributed by atoms with Crippen LogP contribution in [0.25, 0.3) is 0 Å². The van der Waals surface area contributed by atoms with Crippen LogP contribution in [0.15, 0.2) is 15.2 Å². The van der Waals surface area contributed by atoms with Crippen molar-refractivity contribution in [3.63, 3.8) is 0 Å². The summed E-state index contributed by atoms with van der Waals surface area (Å²) in [5, 5.41) is 6.73. The molecule has 1 aliphatic rings. The van der Waals surface area contributed by atoms with Crippen LogP contribution in [0.3, 0.4) is 0 Å².